The summed E-state index contributed by atoms with van der Waals surface area (Å²) in [4.78, 5) is 0.368. The molecule has 1 aromatic heterocycles. The molecule has 0 aliphatic heterocycles. The third-order valence-electron chi connectivity index (χ3n) is 2.20. The molecular formula is C11H11N3S. The van der Waals surface area contributed by atoms with E-state index in [1.807, 2.05) is 43.4 Å². The Balaban J connectivity index is 2.48. The van der Waals surface area contributed by atoms with E-state index >= 15 is 0 Å². The smallest absolute Gasteiger partial charge is 0.122 e. The molecule has 2 N–H and O–H groups in total. The maximum atomic E-state index is 5.58. The summed E-state index contributed by atoms with van der Waals surface area (Å²) in [7, 11) is 1.83. The van der Waals surface area contributed by atoms with Gasteiger partial charge >= 0.3 is 0 Å². The molecule has 0 atom stereocenters. The first-order chi connectivity index (χ1) is 7.18. The molecule has 0 amide bonds. The summed E-state index contributed by atoms with van der Waals surface area (Å²) in [6, 6.07) is 11.8. The second-order valence-electron chi connectivity index (χ2n) is 3.27. The zero-order valence-electron chi connectivity index (χ0n) is 8.34. The van der Waals surface area contributed by atoms with Gasteiger partial charge in [-0.2, -0.15) is 5.10 Å². The molecule has 3 nitrogen and oxygen atoms in total. The third-order valence-corrected chi connectivity index (χ3v) is 2.41. The Morgan fingerprint density at radius 2 is 2.00 bits per heavy atom. The largest absolute Gasteiger partial charge is 0.388 e. The lowest BCUT2D eigenvalue weighted by molar-refractivity contribution is 0.763. The molecule has 4 heteroatoms. The van der Waals surface area contributed by atoms with Crippen LogP contribution in [0.4, 0.5) is 0 Å². The minimum Gasteiger partial charge on any atom is -0.388 e. The van der Waals surface area contributed by atoms with Gasteiger partial charge in [0.2, 0.25) is 0 Å². The molecule has 0 unspecified atom stereocenters. The summed E-state index contributed by atoms with van der Waals surface area (Å²) in [6.45, 7) is 0. The highest BCUT2D eigenvalue weighted by Gasteiger charge is 2.08. The number of thiocarbonyl (C=S) groups is 1. The van der Waals surface area contributed by atoms with Crippen LogP contribution in [0.3, 0.4) is 0 Å². The van der Waals surface area contributed by atoms with E-state index in [1.54, 1.807) is 4.68 Å². The topological polar surface area (TPSA) is 43.8 Å². The number of hydrogen-bond donors (Lipinski definition) is 1. The summed E-state index contributed by atoms with van der Waals surface area (Å²) in [5, 5.41) is 4.35. The van der Waals surface area contributed by atoms with Gasteiger partial charge in [-0.15, -0.1) is 0 Å². The molecule has 2 aromatic rings. The van der Waals surface area contributed by atoms with E-state index in [1.165, 1.54) is 0 Å². The molecule has 2 rings (SSSR count). The first kappa shape index (κ1) is 9.86. The molecule has 0 spiro atoms. The molecule has 0 aliphatic carbocycles. The van der Waals surface area contributed by atoms with Crippen molar-refractivity contribution in [1.29, 1.82) is 0 Å². The fourth-order valence-corrected chi connectivity index (χ4v) is 1.64. The fraction of sp³-hybridized carbons (Fsp3) is 0.0909. The van der Waals surface area contributed by atoms with Crippen molar-refractivity contribution in [2.75, 3.05) is 0 Å². The number of hydrogen-bond acceptors (Lipinski definition) is 2. The minimum atomic E-state index is 0.368. The molecule has 0 saturated carbocycles. The Hall–Kier alpha value is -1.68. The van der Waals surface area contributed by atoms with Crippen LogP contribution >= 0.6 is 12.2 Å². The van der Waals surface area contributed by atoms with Crippen molar-refractivity contribution in [2.24, 2.45) is 12.8 Å². The molecule has 15 heavy (non-hydrogen) atoms. The third kappa shape index (κ3) is 1.89. The average Bonchev–Trinajstić information content (AvgIpc) is 2.62. The molecule has 0 bridgehead atoms. The van der Waals surface area contributed by atoms with Crippen LogP contribution in [0.25, 0.3) is 11.3 Å². The monoisotopic (exact) mass is 217 g/mol. The van der Waals surface area contributed by atoms with E-state index < -0.39 is 0 Å². The van der Waals surface area contributed by atoms with Gasteiger partial charge in [0.15, 0.2) is 0 Å². The SMILES string of the molecule is Cn1nc(-c2ccccc2)cc1C(N)=S. The van der Waals surface area contributed by atoms with Gasteiger partial charge < -0.3 is 5.73 Å². The van der Waals surface area contributed by atoms with Gasteiger partial charge in [0.1, 0.15) is 4.99 Å². The lowest BCUT2D eigenvalue weighted by Crippen LogP contribution is -2.14. The van der Waals surface area contributed by atoms with Crippen LogP contribution in [0, 0.1) is 0 Å². The number of aromatic nitrogens is 2. The van der Waals surface area contributed by atoms with Gasteiger partial charge in [-0.05, 0) is 6.07 Å². The summed E-state index contributed by atoms with van der Waals surface area (Å²) in [6.07, 6.45) is 0. The number of nitrogens with two attached hydrogens (primary N) is 1. The van der Waals surface area contributed by atoms with Gasteiger partial charge in [0.05, 0.1) is 11.4 Å². The molecule has 0 saturated heterocycles. The van der Waals surface area contributed by atoms with Crippen LogP contribution < -0.4 is 5.73 Å². The fourth-order valence-electron chi connectivity index (χ4n) is 1.45. The van der Waals surface area contributed by atoms with E-state index in [2.05, 4.69) is 5.10 Å². The van der Waals surface area contributed by atoms with E-state index in [0.29, 0.717) is 4.99 Å². The van der Waals surface area contributed by atoms with E-state index in [9.17, 15) is 0 Å². The summed E-state index contributed by atoms with van der Waals surface area (Å²) in [5.74, 6) is 0. The van der Waals surface area contributed by atoms with Crippen molar-refractivity contribution in [3.63, 3.8) is 0 Å². The van der Waals surface area contributed by atoms with Crippen molar-refractivity contribution in [1.82, 2.24) is 9.78 Å². The number of benzene rings is 1. The average molecular weight is 217 g/mol. The van der Waals surface area contributed by atoms with Crippen LogP contribution in [-0.4, -0.2) is 14.8 Å². The number of aryl methyl sites for hydroxylation is 1. The molecular weight excluding hydrogens is 206 g/mol. The van der Waals surface area contributed by atoms with Crippen molar-refractivity contribution in [3.05, 3.63) is 42.1 Å². The molecule has 0 fully saturated rings. The second kappa shape index (κ2) is 3.82. The summed E-state index contributed by atoms with van der Waals surface area (Å²) >= 11 is 4.93. The minimum absolute atomic E-state index is 0.368. The van der Waals surface area contributed by atoms with Crippen molar-refractivity contribution in [3.8, 4) is 11.3 Å². The zero-order chi connectivity index (χ0) is 10.8. The zero-order valence-corrected chi connectivity index (χ0v) is 9.16. The molecule has 1 aromatic carbocycles. The Kier molecular flexibility index (Phi) is 2.51. The van der Waals surface area contributed by atoms with Gasteiger partial charge in [-0.1, -0.05) is 42.5 Å². The molecule has 0 aliphatic rings. The van der Waals surface area contributed by atoms with E-state index in [-0.39, 0.29) is 0 Å². The Labute approximate surface area is 93.5 Å². The van der Waals surface area contributed by atoms with Crippen molar-refractivity contribution >= 4 is 17.2 Å². The first-order valence-electron chi connectivity index (χ1n) is 4.58. The Bertz CT molecular complexity index is 488. The van der Waals surface area contributed by atoms with Crippen molar-refractivity contribution < 1.29 is 0 Å². The van der Waals surface area contributed by atoms with E-state index in [4.69, 9.17) is 18.0 Å². The van der Waals surface area contributed by atoms with Crippen LogP contribution in [-0.2, 0) is 7.05 Å². The van der Waals surface area contributed by atoms with Gasteiger partial charge in [-0.3, -0.25) is 4.68 Å². The highest BCUT2D eigenvalue weighted by molar-refractivity contribution is 7.80. The van der Waals surface area contributed by atoms with E-state index in [0.717, 1.165) is 17.0 Å². The highest BCUT2D eigenvalue weighted by Crippen LogP contribution is 2.17. The second-order valence-corrected chi connectivity index (χ2v) is 3.71. The highest BCUT2D eigenvalue weighted by atomic mass is 32.1. The van der Waals surface area contributed by atoms with Crippen LogP contribution in [0.1, 0.15) is 5.69 Å². The van der Waals surface area contributed by atoms with Crippen LogP contribution in [0.15, 0.2) is 36.4 Å². The van der Waals surface area contributed by atoms with Gasteiger partial charge in [0.25, 0.3) is 0 Å². The lowest BCUT2D eigenvalue weighted by atomic mass is 10.1. The standard InChI is InChI=1S/C11H11N3S/c1-14-10(11(12)15)7-9(13-14)8-5-3-2-4-6-8/h2-7H,1H3,(H2,12,15). The molecule has 0 radical (unpaired) electrons. The summed E-state index contributed by atoms with van der Waals surface area (Å²) < 4.78 is 1.70. The predicted octanol–water partition coefficient (Wildman–Crippen LogP) is 1.72. The number of rotatable bonds is 2. The number of nitrogens with zero attached hydrogens (tertiary/aromatic N) is 2. The van der Waals surface area contributed by atoms with Crippen LogP contribution in [0.2, 0.25) is 0 Å². The summed E-state index contributed by atoms with van der Waals surface area (Å²) in [5.41, 5.74) is 8.31. The molecule has 76 valence electrons. The van der Waals surface area contributed by atoms with Crippen LogP contribution in [0.5, 0.6) is 0 Å². The lowest BCUT2D eigenvalue weighted by Gasteiger charge is -1.95. The quantitative estimate of drug-likeness (QED) is 0.779. The van der Waals surface area contributed by atoms with Gasteiger partial charge in [-0.25, -0.2) is 0 Å². The normalized spacial score (nSPS) is 10.2. The molecule has 1 heterocycles. The predicted molar refractivity (Wildman–Crippen MR) is 64.5 cm³/mol. The Morgan fingerprint density at radius 3 is 2.53 bits per heavy atom. The first-order valence-corrected chi connectivity index (χ1v) is 4.98. The van der Waals surface area contributed by atoms with Crippen molar-refractivity contribution in [2.45, 2.75) is 0 Å². The van der Waals surface area contributed by atoms with Gasteiger partial charge in [0, 0.05) is 12.6 Å². The maximum Gasteiger partial charge on any atom is 0.122 e. The Morgan fingerprint density at radius 1 is 1.33 bits per heavy atom. The maximum absolute atomic E-state index is 5.58.